The van der Waals surface area contributed by atoms with E-state index in [0.717, 1.165) is 17.7 Å². The predicted octanol–water partition coefficient (Wildman–Crippen LogP) is 2.88. The number of para-hydroxylation sites is 1. The summed E-state index contributed by atoms with van der Waals surface area (Å²) in [6.07, 6.45) is 0.146. The van der Waals surface area contributed by atoms with Crippen molar-refractivity contribution in [2.45, 2.75) is 31.6 Å². The molecule has 0 spiro atoms. The minimum atomic E-state index is -0.609. The molecule has 1 aliphatic rings. The van der Waals surface area contributed by atoms with Gasteiger partial charge in [-0.1, -0.05) is 48.5 Å². The van der Waals surface area contributed by atoms with E-state index in [1.807, 2.05) is 55.5 Å². The van der Waals surface area contributed by atoms with Gasteiger partial charge in [-0.05, 0) is 24.1 Å². The second-order valence-corrected chi connectivity index (χ2v) is 5.79. The highest BCUT2D eigenvalue weighted by Gasteiger charge is 2.30. The summed E-state index contributed by atoms with van der Waals surface area (Å²) in [5.74, 6) is 0.760. The van der Waals surface area contributed by atoms with Crippen molar-refractivity contribution in [3.63, 3.8) is 0 Å². The Balaban J connectivity index is 1.64. The molecule has 0 radical (unpaired) electrons. The minimum absolute atomic E-state index is 0.0513. The van der Waals surface area contributed by atoms with E-state index in [-0.39, 0.29) is 18.1 Å². The van der Waals surface area contributed by atoms with Crippen LogP contribution in [0.4, 0.5) is 0 Å². The molecule has 0 unspecified atom stereocenters. The Hall–Kier alpha value is -2.33. The maximum Gasteiger partial charge on any atom is 0.254 e. The highest BCUT2D eigenvalue weighted by atomic mass is 16.5. The fourth-order valence-corrected chi connectivity index (χ4v) is 2.90. The average Bonchev–Trinajstić information content (AvgIpc) is 3.01. The summed E-state index contributed by atoms with van der Waals surface area (Å²) in [6, 6.07) is 17.4. The number of hydrogen-bond acceptors (Lipinski definition) is 3. The van der Waals surface area contributed by atoms with E-state index < -0.39 is 6.10 Å². The average molecular weight is 311 g/mol. The molecule has 0 bridgehead atoms. The highest BCUT2D eigenvalue weighted by molar-refractivity contribution is 5.82. The zero-order valence-electron chi connectivity index (χ0n) is 13.4. The van der Waals surface area contributed by atoms with Gasteiger partial charge in [0, 0.05) is 13.5 Å². The van der Waals surface area contributed by atoms with Crippen molar-refractivity contribution in [1.82, 2.24) is 5.32 Å². The normalized spacial score (nSPS) is 18.6. The quantitative estimate of drug-likeness (QED) is 0.923. The molecule has 0 aliphatic carbocycles. The Morgan fingerprint density at radius 2 is 1.87 bits per heavy atom. The van der Waals surface area contributed by atoms with Crippen molar-refractivity contribution in [1.29, 1.82) is 0 Å². The highest BCUT2D eigenvalue weighted by Crippen LogP contribution is 2.29. The second kappa shape index (κ2) is 6.84. The number of fused-ring (bicyclic) bond motifs is 1. The standard InChI is InChI=1S/C19H21NO3/c1-13(17-12-15-10-6-7-11-16(15)23-17)20-19(21)18(22-2)14-8-4-3-5-9-14/h3-11,13,17-18H,12H2,1-2H3,(H,20,21)/t13-,17-,18-/m1/s1. The molecule has 1 aliphatic heterocycles. The van der Waals surface area contributed by atoms with Gasteiger partial charge in [0.05, 0.1) is 6.04 Å². The van der Waals surface area contributed by atoms with E-state index >= 15 is 0 Å². The number of nitrogens with one attached hydrogen (secondary N) is 1. The smallest absolute Gasteiger partial charge is 0.254 e. The number of carbonyl (C=O) groups is 1. The SMILES string of the molecule is CO[C@@H](C(=O)N[C@H](C)[C@H]1Cc2ccccc2O1)c1ccccc1. The van der Waals surface area contributed by atoms with E-state index in [1.165, 1.54) is 5.56 Å². The number of hydrogen-bond donors (Lipinski definition) is 1. The van der Waals surface area contributed by atoms with Crippen LogP contribution in [0.2, 0.25) is 0 Å². The maximum atomic E-state index is 12.5. The van der Waals surface area contributed by atoms with E-state index in [1.54, 1.807) is 7.11 Å². The van der Waals surface area contributed by atoms with Gasteiger partial charge in [0.2, 0.25) is 0 Å². The largest absolute Gasteiger partial charge is 0.488 e. The fraction of sp³-hybridized carbons (Fsp3) is 0.316. The fourth-order valence-electron chi connectivity index (χ4n) is 2.90. The minimum Gasteiger partial charge on any atom is -0.488 e. The van der Waals surface area contributed by atoms with E-state index in [9.17, 15) is 4.79 Å². The molecule has 1 N–H and O–H groups in total. The van der Waals surface area contributed by atoms with Crippen LogP contribution in [0, 0.1) is 0 Å². The first kappa shape index (κ1) is 15.6. The third kappa shape index (κ3) is 3.37. The van der Waals surface area contributed by atoms with Gasteiger partial charge in [0.15, 0.2) is 6.10 Å². The van der Waals surface area contributed by atoms with Gasteiger partial charge in [-0.15, -0.1) is 0 Å². The van der Waals surface area contributed by atoms with Crippen molar-refractivity contribution in [2.75, 3.05) is 7.11 Å². The van der Waals surface area contributed by atoms with Crippen molar-refractivity contribution in [2.24, 2.45) is 0 Å². The molecule has 0 saturated heterocycles. The molecule has 2 aromatic rings. The van der Waals surface area contributed by atoms with E-state index in [4.69, 9.17) is 9.47 Å². The summed E-state index contributed by atoms with van der Waals surface area (Å²) < 4.78 is 11.3. The number of benzene rings is 2. The van der Waals surface area contributed by atoms with Gasteiger partial charge in [-0.2, -0.15) is 0 Å². The van der Waals surface area contributed by atoms with Gasteiger partial charge in [-0.25, -0.2) is 0 Å². The third-order valence-corrected chi connectivity index (χ3v) is 4.18. The van der Waals surface area contributed by atoms with Crippen molar-refractivity contribution in [3.05, 3.63) is 65.7 Å². The third-order valence-electron chi connectivity index (χ3n) is 4.18. The summed E-state index contributed by atoms with van der Waals surface area (Å²) in [6.45, 7) is 1.96. The molecule has 23 heavy (non-hydrogen) atoms. The summed E-state index contributed by atoms with van der Waals surface area (Å²) >= 11 is 0. The topological polar surface area (TPSA) is 47.6 Å². The van der Waals surface area contributed by atoms with E-state index in [0.29, 0.717) is 0 Å². The summed E-state index contributed by atoms with van der Waals surface area (Å²) in [7, 11) is 1.55. The van der Waals surface area contributed by atoms with Crippen LogP contribution in [-0.2, 0) is 16.0 Å². The molecular weight excluding hydrogens is 290 g/mol. The van der Waals surface area contributed by atoms with Gasteiger partial charge >= 0.3 is 0 Å². The van der Waals surface area contributed by atoms with Crippen LogP contribution in [-0.4, -0.2) is 25.2 Å². The molecule has 0 aromatic heterocycles. The van der Waals surface area contributed by atoms with Gasteiger partial charge < -0.3 is 14.8 Å². The summed E-state index contributed by atoms with van der Waals surface area (Å²) in [5, 5.41) is 3.02. The van der Waals surface area contributed by atoms with Crippen molar-refractivity contribution >= 4 is 5.91 Å². The molecule has 1 amide bonds. The van der Waals surface area contributed by atoms with Crippen LogP contribution in [0.25, 0.3) is 0 Å². The molecule has 0 saturated carbocycles. The molecular formula is C19H21NO3. The van der Waals surface area contributed by atoms with Crippen LogP contribution >= 0.6 is 0 Å². The lowest BCUT2D eigenvalue weighted by molar-refractivity contribution is -0.132. The lowest BCUT2D eigenvalue weighted by Gasteiger charge is -2.23. The van der Waals surface area contributed by atoms with Crippen LogP contribution < -0.4 is 10.1 Å². The summed E-state index contributed by atoms with van der Waals surface area (Å²) in [4.78, 5) is 12.5. The van der Waals surface area contributed by atoms with Crippen LogP contribution in [0.15, 0.2) is 54.6 Å². The Bertz CT molecular complexity index is 646. The summed E-state index contributed by atoms with van der Waals surface area (Å²) in [5.41, 5.74) is 2.03. The van der Waals surface area contributed by atoms with Crippen LogP contribution in [0.3, 0.4) is 0 Å². The second-order valence-electron chi connectivity index (χ2n) is 5.79. The Labute approximate surface area is 136 Å². The Morgan fingerprint density at radius 1 is 1.17 bits per heavy atom. The predicted molar refractivity (Wildman–Crippen MR) is 88.4 cm³/mol. The number of ether oxygens (including phenoxy) is 2. The molecule has 1 heterocycles. The monoisotopic (exact) mass is 311 g/mol. The first-order valence-corrected chi connectivity index (χ1v) is 7.81. The van der Waals surface area contributed by atoms with Gasteiger partial charge in [0.1, 0.15) is 11.9 Å². The molecule has 4 nitrogen and oxygen atoms in total. The maximum absolute atomic E-state index is 12.5. The van der Waals surface area contributed by atoms with Crippen molar-refractivity contribution in [3.8, 4) is 5.75 Å². The molecule has 3 rings (SSSR count). The number of amides is 1. The van der Waals surface area contributed by atoms with E-state index in [2.05, 4.69) is 11.4 Å². The van der Waals surface area contributed by atoms with Gasteiger partial charge in [-0.3, -0.25) is 4.79 Å². The number of rotatable bonds is 5. The zero-order chi connectivity index (χ0) is 16.2. The first-order chi connectivity index (χ1) is 11.2. The van der Waals surface area contributed by atoms with Crippen molar-refractivity contribution < 1.29 is 14.3 Å². The molecule has 2 aromatic carbocycles. The van der Waals surface area contributed by atoms with Crippen LogP contribution in [0.5, 0.6) is 5.75 Å². The molecule has 0 fully saturated rings. The molecule has 120 valence electrons. The zero-order valence-corrected chi connectivity index (χ0v) is 13.4. The Kier molecular flexibility index (Phi) is 4.63. The Morgan fingerprint density at radius 3 is 2.57 bits per heavy atom. The number of carbonyl (C=O) groups excluding carboxylic acids is 1. The number of methoxy groups -OCH3 is 1. The lowest BCUT2D eigenvalue weighted by Crippen LogP contribution is -2.45. The molecule has 3 atom stereocenters. The van der Waals surface area contributed by atoms with Gasteiger partial charge in [0.25, 0.3) is 5.91 Å². The lowest BCUT2D eigenvalue weighted by atomic mass is 10.0. The van der Waals surface area contributed by atoms with Crippen LogP contribution in [0.1, 0.15) is 24.2 Å². The molecule has 4 heteroatoms. The first-order valence-electron chi connectivity index (χ1n) is 7.81.